The lowest BCUT2D eigenvalue weighted by atomic mass is 10.0. The number of rotatable bonds is 9. The van der Waals surface area contributed by atoms with E-state index in [4.69, 9.17) is 16.2 Å². The van der Waals surface area contributed by atoms with Gasteiger partial charge in [-0.25, -0.2) is 9.37 Å². The molecule has 174 valence electrons. The van der Waals surface area contributed by atoms with E-state index in [1.54, 1.807) is 32.3 Å². The first-order valence-electron chi connectivity index (χ1n) is 10.6. The van der Waals surface area contributed by atoms with E-state index in [2.05, 4.69) is 15.3 Å². The first-order chi connectivity index (χ1) is 15.9. The Labute approximate surface area is 192 Å². The summed E-state index contributed by atoms with van der Waals surface area (Å²) in [5.74, 6) is -0.756. The Hall–Kier alpha value is -3.72. The number of nitrogens with zero attached hydrogens (tertiary/aromatic N) is 3. The van der Waals surface area contributed by atoms with Crippen LogP contribution in [0.2, 0.25) is 0 Å². The van der Waals surface area contributed by atoms with E-state index >= 15 is 0 Å². The Morgan fingerprint density at radius 1 is 1.30 bits per heavy atom. The van der Waals surface area contributed by atoms with Crippen molar-refractivity contribution in [2.75, 3.05) is 27.2 Å². The van der Waals surface area contributed by atoms with E-state index in [9.17, 15) is 9.18 Å². The van der Waals surface area contributed by atoms with Crippen molar-refractivity contribution >= 4 is 17.3 Å². The molecule has 0 bridgehead atoms. The Kier molecular flexibility index (Phi) is 7.78. The number of aliphatic imine (C=N–C) groups is 1. The van der Waals surface area contributed by atoms with E-state index in [0.29, 0.717) is 29.8 Å². The number of nitrogens with one attached hydrogen (secondary N) is 1. The summed E-state index contributed by atoms with van der Waals surface area (Å²) in [6.07, 6.45) is 4.66. The summed E-state index contributed by atoms with van der Waals surface area (Å²) in [7, 11) is 3.12. The first kappa shape index (κ1) is 23.9. The number of pyridine rings is 1. The molecular formula is C24H29FN6O2. The maximum absolute atomic E-state index is 14.8. The molecule has 1 aromatic carbocycles. The molecule has 33 heavy (non-hydrogen) atoms. The predicted octanol–water partition coefficient (Wildman–Crippen LogP) is 2.46. The average molecular weight is 453 g/mol. The van der Waals surface area contributed by atoms with Crippen molar-refractivity contribution in [3.63, 3.8) is 0 Å². The number of hydrogen-bond donors (Lipinski definition) is 3. The third-order valence-electron chi connectivity index (χ3n) is 5.43. The Morgan fingerprint density at radius 3 is 2.79 bits per heavy atom. The van der Waals surface area contributed by atoms with Crippen molar-refractivity contribution < 1.29 is 13.9 Å². The zero-order valence-electron chi connectivity index (χ0n) is 19.1. The predicted molar refractivity (Wildman–Crippen MR) is 128 cm³/mol. The molecule has 8 nitrogen and oxygen atoms in total. The van der Waals surface area contributed by atoms with Crippen LogP contribution in [0.4, 0.5) is 4.39 Å². The van der Waals surface area contributed by atoms with Crippen LogP contribution < -0.4 is 21.5 Å². The summed E-state index contributed by atoms with van der Waals surface area (Å²) < 4.78 is 22.6. The molecule has 2 heterocycles. The molecule has 3 aromatic rings. The largest absolute Gasteiger partial charge is 0.490 e. The summed E-state index contributed by atoms with van der Waals surface area (Å²) in [4.78, 5) is 20.5. The number of carbonyl (C=O) groups is 1. The molecular weight excluding hydrogens is 423 g/mol. The number of likely N-dealkylation sites (N-methyl/N-ethyl adjacent to an activating group) is 1. The highest BCUT2D eigenvalue weighted by Crippen LogP contribution is 2.33. The number of ether oxygens (including phenoxy) is 1. The van der Waals surface area contributed by atoms with Gasteiger partial charge in [0.15, 0.2) is 11.6 Å². The minimum absolute atomic E-state index is 0.0657. The second kappa shape index (κ2) is 10.7. The summed E-state index contributed by atoms with van der Waals surface area (Å²) in [6.45, 7) is 2.38. The van der Waals surface area contributed by atoms with E-state index < -0.39 is 11.7 Å². The molecule has 0 atom stereocenters. The number of para-hydroxylation sites is 1. The van der Waals surface area contributed by atoms with Gasteiger partial charge < -0.3 is 25.9 Å². The fourth-order valence-electron chi connectivity index (χ4n) is 3.58. The number of amides is 1. The number of benzene rings is 1. The van der Waals surface area contributed by atoms with Crippen LogP contribution >= 0.6 is 0 Å². The van der Waals surface area contributed by atoms with Crippen LogP contribution in [0.3, 0.4) is 0 Å². The maximum atomic E-state index is 14.8. The molecule has 0 fully saturated rings. The van der Waals surface area contributed by atoms with Crippen LogP contribution in [0.1, 0.15) is 19.0 Å². The molecule has 0 aliphatic rings. The van der Waals surface area contributed by atoms with Gasteiger partial charge >= 0.3 is 0 Å². The summed E-state index contributed by atoms with van der Waals surface area (Å²) in [5.41, 5.74) is 16.1. The van der Waals surface area contributed by atoms with Crippen molar-refractivity contribution in [3.8, 4) is 16.9 Å². The van der Waals surface area contributed by atoms with Gasteiger partial charge in [0.05, 0.1) is 6.61 Å². The van der Waals surface area contributed by atoms with Crippen molar-refractivity contribution in [1.29, 1.82) is 0 Å². The van der Waals surface area contributed by atoms with Crippen LogP contribution in [0.15, 0.2) is 59.0 Å². The zero-order valence-corrected chi connectivity index (χ0v) is 19.1. The van der Waals surface area contributed by atoms with Gasteiger partial charge in [-0.2, -0.15) is 0 Å². The minimum Gasteiger partial charge on any atom is -0.490 e. The van der Waals surface area contributed by atoms with E-state index in [1.807, 2.05) is 22.7 Å². The quantitative estimate of drug-likeness (QED) is 0.340. The third-order valence-corrected chi connectivity index (χ3v) is 5.43. The van der Waals surface area contributed by atoms with E-state index in [-0.39, 0.29) is 24.5 Å². The molecule has 0 unspecified atom stereocenters. The third kappa shape index (κ3) is 5.20. The summed E-state index contributed by atoms with van der Waals surface area (Å²) in [6, 6.07) is 8.53. The van der Waals surface area contributed by atoms with E-state index in [0.717, 1.165) is 16.9 Å². The standard InChI is InChI=1S/C24H29FN6O2/c1-15(28-2)18(22(27)24(32)29-3)10-12-33-23-19(5-4-6-20(23)25)16-7-8-21-30-13-17(9-11-26)31(21)14-16/h4-8,13-14H,9-12,26-27H2,1-3H3,(H,29,32). The molecule has 5 N–H and O–H groups in total. The number of imidazole rings is 1. The van der Waals surface area contributed by atoms with Gasteiger partial charge in [-0.1, -0.05) is 12.1 Å². The maximum Gasteiger partial charge on any atom is 0.267 e. The van der Waals surface area contributed by atoms with Gasteiger partial charge in [0.25, 0.3) is 5.91 Å². The number of nitrogens with two attached hydrogens (primary N) is 2. The van der Waals surface area contributed by atoms with Crippen LogP contribution in [0.5, 0.6) is 5.75 Å². The Balaban J connectivity index is 1.91. The fraction of sp³-hybridized carbons (Fsp3) is 0.292. The van der Waals surface area contributed by atoms with E-state index in [1.165, 1.54) is 13.1 Å². The summed E-state index contributed by atoms with van der Waals surface area (Å²) >= 11 is 0. The van der Waals surface area contributed by atoms with Crippen LogP contribution in [-0.4, -0.2) is 48.3 Å². The molecule has 0 saturated carbocycles. The van der Waals surface area contributed by atoms with Gasteiger partial charge in [0.1, 0.15) is 11.3 Å². The highest BCUT2D eigenvalue weighted by molar-refractivity contribution is 6.06. The average Bonchev–Trinajstić information content (AvgIpc) is 3.23. The Morgan fingerprint density at radius 2 is 2.09 bits per heavy atom. The monoisotopic (exact) mass is 452 g/mol. The molecule has 2 aromatic heterocycles. The van der Waals surface area contributed by atoms with Crippen LogP contribution in [-0.2, 0) is 11.2 Å². The van der Waals surface area contributed by atoms with Crippen molar-refractivity contribution in [3.05, 3.63) is 65.5 Å². The lowest BCUT2D eigenvalue weighted by molar-refractivity contribution is -0.117. The molecule has 0 radical (unpaired) electrons. The highest BCUT2D eigenvalue weighted by Gasteiger charge is 2.16. The second-order valence-corrected chi connectivity index (χ2v) is 7.43. The van der Waals surface area contributed by atoms with Crippen LogP contribution in [0, 0.1) is 5.82 Å². The van der Waals surface area contributed by atoms with Gasteiger partial charge in [0, 0.05) is 67.4 Å². The molecule has 9 heteroatoms. The topological polar surface area (TPSA) is 120 Å². The fourth-order valence-corrected chi connectivity index (χ4v) is 3.58. The smallest absolute Gasteiger partial charge is 0.267 e. The van der Waals surface area contributed by atoms with Gasteiger partial charge in [-0.05, 0) is 31.7 Å². The molecule has 0 aliphatic heterocycles. The minimum atomic E-state index is -0.480. The van der Waals surface area contributed by atoms with Gasteiger partial charge in [-0.3, -0.25) is 9.79 Å². The SMILES string of the molecule is CN=C(C)C(CCOc1c(F)cccc1-c1ccc2ncc(CCN)n2c1)=C(N)C(=O)NC. The number of halogens is 1. The molecule has 0 spiro atoms. The molecule has 0 saturated heterocycles. The molecule has 0 aliphatic carbocycles. The van der Waals surface area contributed by atoms with Crippen LogP contribution in [0.25, 0.3) is 16.8 Å². The number of aromatic nitrogens is 2. The van der Waals surface area contributed by atoms with Crippen molar-refractivity contribution in [2.45, 2.75) is 19.8 Å². The van der Waals surface area contributed by atoms with Gasteiger partial charge in [0.2, 0.25) is 0 Å². The van der Waals surface area contributed by atoms with Crippen molar-refractivity contribution in [1.82, 2.24) is 14.7 Å². The number of hydrogen-bond acceptors (Lipinski definition) is 6. The normalized spacial score (nSPS) is 12.6. The zero-order chi connectivity index (χ0) is 24.0. The lowest BCUT2D eigenvalue weighted by Gasteiger charge is -2.15. The highest BCUT2D eigenvalue weighted by atomic mass is 19.1. The second-order valence-electron chi connectivity index (χ2n) is 7.43. The molecule has 1 amide bonds. The lowest BCUT2D eigenvalue weighted by Crippen LogP contribution is -2.28. The molecule has 3 rings (SSSR count). The van der Waals surface area contributed by atoms with Gasteiger partial charge in [-0.15, -0.1) is 0 Å². The first-order valence-corrected chi connectivity index (χ1v) is 10.6. The number of fused-ring (bicyclic) bond motifs is 1. The summed E-state index contributed by atoms with van der Waals surface area (Å²) in [5, 5.41) is 2.50. The Bertz CT molecular complexity index is 1210. The van der Waals surface area contributed by atoms with Crippen molar-refractivity contribution in [2.24, 2.45) is 16.5 Å². The number of carbonyl (C=O) groups excluding carboxylic acids is 1.